The maximum atomic E-state index is 11.8. The van der Waals surface area contributed by atoms with E-state index >= 15 is 0 Å². The van der Waals surface area contributed by atoms with Crippen molar-refractivity contribution in [3.63, 3.8) is 0 Å². The molecule has 2 nitrogen and oxygen atoms in total. The molecule has 1 rings (SSSR count). The molecule has 0 N–H and O–H groups in total. The van der Waals surface area contributed by atoms with Crippen LogP contribution in [0.25, 0.3) is 0 Å². The van der Waals surface area contributed by atoms with E-state index in [0.29, 0.717) is 10.6 Å². The number of benzene rings is 1. The minimum absolute atomic E-state index is 0.443. The third-order valence-electron chi connectivity index (χ3n) is 1.81. The summed E-state index contributed by atoms with van der Waals surface area (Å²) >= 11 is 0. The summed E-state index contributed by atoms with van der Waals surface area (Å²) < 4.78 is 23.5. The highest BCUT2D eigenvalue weighted by atomic mass is 33.1. The third-order valence-corrected chi connectivity index (χ3v) is 5.66. The van der Waals surface area contributed by atoms with Gasteiger partial charge in [-0.1, -0.05) is 25.1 Å². The smallest absolute Gasteiger partial charge is 0.212 e. The molecule has 0 spiro atoms. The van der Waals surface area contributed by atoms with Crippen molar-refractivity contribution in [2.45, 2.75) is 25.2 Å². The Bertz CT molecular complexity index is 396. The molecule has 1 aromatic carbocycles. The predicted molar refractivity (Wildman–Crippen MR) is 61.1 cm³/mol. The molecule has 14 heavy (non-hydrogen) atoms. The summed E-state index contributed by atoms with van der Waals surface area (Å²) in [7, 11) is -2.12. The van der Waals surface area contributed by atoms with E-state index in [1.165, 1.54) is 0 Å². The van der Waals surface area contributed by atoms with Crippen molar-refractivity contribution in [1.29, 1.82) is 0 Å². The predicted octanol–water partition coefficient (Wildman–Crippen LogP) is 2.83. The van der Waals surface area contributed by atoms with Gasteiger partial charge >= 0.3 is 0 Å². The topological polar surface area (TPSA) is 34.1 Å². The fourth-order valence-corrected chi connectivity index (χ4v) is 4.41. The normalized spacial score (nSPS) is 11.6. The lowest BCUT2D eigenvalue weighted by molar-refractivity contribution is 0.610. The molecule has 0 aromatic heterocycles. The second-order valence-electron chi connectivity index (χ2n) is 3.04. The molecule has 0 heterocycles. The Morgan fingerprint density at radius 1 is 1.29 bits per heavy atom. The molecule has 0 saturated carbocycles. The Morgan fingerprint density at radius 3 is 2.50 bits per heavy atom. The van der Waals surface area contributed by atoms with E-state index < -0.39 is 8.87 Å². The second kappa shape index (κ2) is 4.84. The van der Waals surface area contributed by atoms with Gasteiger partial charge < -0.3 is 0 Å². The minimum atomic E-state index is -3.14. The van der Waals surface area contributed by atoms with E-state index in [-0.39, 0.29) is 0 Å². The summed E-state index contributed by atoms with van der Waals surface area (Å²) in [5, 5.41) is 0. The van der Waals surface area contributed by atoms with Crippen LogP contribution in [0.1, 0.15) is 18.9 Å². The standard InChI is InChI=1S/C10H14O2S2/c1-3-8-13-14(11,12)10-7-5-4-6-9(10)2/h4-7H,3,8H2,1-2H3. The number of rotatable bonds is 4. The molecule has 0 unspecified atom stereocenters. The van der Waals surface area contributed by atoms with Crippen LogP contribution in [-0.2, 0) is 8.87 Å². The van der Waals surface area contributed by atoms with E-state index in [2.05, 4.69) is 0 Å². The summed E-state index contributed by atoms with van der Waals surface area (Å²) in [6.45, 7) is 3.79. The van der Waals surface area contributed by atoms with Crippen LogP contribution in [-0.4, -0.2) is 14.2 Å². The van der Waals surface area contributed by atoms with Crippen molar-refractivity contribution in [3.05, 3.63) is 29.8 Å². The molecule has 4 heteroatoms. The van der Waals surface area contributed by atoms with Crippen LogP contribution < -0.4 is 0 Å². The fourth-order valence-electron chi connectivity index (χ4n) is 1.09. The largest absolute Gasteiger partial charge is 0.230 e. The highest BCUT2D eigenvalue weighted by molar-refractivity contribution is 8.72. The minimum Gasteiger partial charge on any atom is -0.212 e. The van der Waals surface area contributed by atoms with Gasteiger partial charge in [0.2, 0.25) is 8.87 Å². The van der Waals surface area contributed by atoms with Crippen molar-refractivity contribution in [1.82, 2.24) is 0 Å². The zero-order valence-corrected chi connectivity index (χ0v) is 9.99. The lowest BCUT2D eigenvalue weighted by atomic mass is 10.2. The van der Waals surface area contributed by atoms with Gasteiger partial charge in [0.05, 0.1) is 4.90 Å². The summed E-state index contributed by atoms with van der Waals surface area (Å²) in [6.07, 6.45) is 0.871. The zero-order valence-electron chi connectivity index (χ0n) is 8.36. The van der Waals surface area contributed by atoms with Crippen LogP contribution >= 0.6 is 10.8 Å². The van der Waals surface area contributed by atoms with Crippen LogP contribution in [0.5, 0.6) is 0 Å². The van der Waals surface area contributed by atoms with Crippen LogP contribution in [0.2, 0.25) is 0 Å². The Balaban J connectivity index is 2.99. The molecule has 0 aliphatic heterocycles. The first-order valence-corrected chi connectivity index (χ1v) is 7.51. The zero-order chi connectivity index (χ0) is 10.6. The molecule has 0 atom stereocenters. The van der Waals surface area contributed by atoms with E-state index in [1.807, 2.05) is 26.0 Å². The average Bonchev–Trinajstić information content (AvgIpc) is 2.15. The molecule has 78 valence electrons. The van der Waals surface area contributed by atoms with Gasteiger partial charge in [-0.25, -0.2) is 8.42 Å². The fraction of sp³-hybridized carbons (Fsp3) is 0.400. The summed E-state index contributed by atoms with van der Waals surface area (Å²) in [4.78, 5) is 0.443. The average molecular weight is 230 g/mol. The van der Waals surface area contributed by atoms with Crippen molar-refractivity contribution in [2.75, 3.05) is 5.75 Å². The van der Waals surface area contributed by atoms with Gasteiger partial charge in [0.15, 0.2) is 0 Å². The molecule has 0 bridgehead atoms. The first-order chi connectivity index (χ1) is 6.58. The Kier molecular flexibility index (Phi) is 4.01. The van der Waals surface area contributed by atoms with Gasteiger partial charge in [-0.2, -0.15) is 0 Å². The number of hydrogen-bond donors (Lipinski definition) is 0. The number of aryl methyl sites for hydroxylation is 1. The quantitative estimate of drug-likeness (QED) is 0.746. The van der Waals surface area contributed by atoms with Crippen molar-refractivity contribution in [3.8, 4) is 0 Å². The highest BCUT2D eigenvalue weighted by Crippen LogP contribution is 2.26. The molecule has 0 radical (unpaired) electrons. The molecule has 1 aromatic rings. The molecular formula is C10H14O2S2. The SMILES string of the molecule is CCCSS(=O)(=O)c1ccccc1C. The van der Waals surface area contributed by atoms with E-state index in [1.54, 1.807) is 12.1 Å². The maximum absolute atomic E-state index is 11.8. The van der Waals surface area contributed by atoms with Crippen LogP contribution in [0.15, 0.2) is 29.2 Å². The Labute approximate surface area is 89.0 Å². The van der Waals surface area contributed by atoms with Gasteiger partial charge in [-0.3, -0.25) is 0 Å². The summed E-state index contributed by atoms with van der Waals surface area (Å²) in [6, 6.07) is 7.08. The van der Waals surface area contributed by atoms with Crippen molar-refractivity contribution >= 4 is 19.7 Å². The maximum Gasteiger partial charge on any atom is 0.230 e. The first kappa shape index (κ1) is 11.6. The van der Waals surface area contributed by atoms with E-state index in [4.69, 9.17) is 0 Å². The molecule has 0 fully saturated rings. The highest BCUT2D eigenvalue weighted by Gasteiger charge is 2.16. The van der Waals surface area contributed by atoms with E-state index in [0.717, 1.165) is 22.8 Å². The third kappa shape index (κ3) is 2.75. The van der Waals surface area contributed by atoms with Gasteiger partial charge in [0.25, 0.3) is 0 Å². The van der Waals surface area contributed by atoms with Crippen LogP contribution in [0, 0.1) is 6.92 Å². The van der Waals surface area contributed by atoms with Gasteiger partial charge in [-0.15, -0.1) is 0 Å². The van der Waals surface area contributed by atoms with Crippen molar-refractivity contribution < 1.29 is 8.42 Å². The van der Waals surface area contributed by atoms with Crippen LogP contribution in [0.3, 0.4) is 0 Å². The van der Waals surface area contributed by atoms with Crippen LogP contribution in [0.4, 0.5) is 0 Å². The second-order valence-corrected chi connectivity index (χ2v) is 7.06. The molecule has 0 amide bonds. The molecule has 0 saturated heterocycles. The molecule has 0 aliphatic carbocycles. The van der Waals surface area contributed by atoms with Gasteiger partial charge in [0, 0.05) is 5.75 Å². The summed E-state index contributed by atoms with van der Waals surface area (Å²) in [5.41, 5.74) is 0.816. The lowest BCUT2D eigenvalue weighted by Crippen LogP contribution is -1.98. The molecule has 0 aliphatic rings. The van der Waals surface area contributed by atoms with Gasteiger partial charge in [0.1, 0.15) is 0 Å². The number of hydrogen-bond acceptors (Lipinski definition) is 3. The van der Waals surface area contributed by atoms with Gasteiger partial charge in [-0.05, 0) is 35.8 Å². The van der Waals surface area contributed by atoms with Crippen molar-refractivity contribution in [2.24, 2.45) is 0 Å². The molecular weight excluding hydrogens is 216 g/mol. The Morgan fingerprint density at radius 2 is 1.93 bits per heavy atom. The monoisotopic (exact) mass is 230 g/mol. The summed E-state index contributed by atoms with van der Waals surface area (Å²) in [5.74, 6) is 0.649. The lowest BCUT2D eigenvalue weighted by Gasteiger charge is -2.05. The first-order valence-electron chi connectivity index (χ1n) is 4.53. The van der Waals surface area contributed by atoms with E-state index in [9.17, 15) is 8.42 Å². The Hall–Kier alpha value is -0.480.